The van der Waals surface area contributed by atoms with Gasteiger partial charge in [0.15, 0.2) is 0 Å². The van der Waals surface area contributed by atoms with Gasteiger partial charge in [0.25, 0.3) is 0 Å². The van der Waals surface area contributed by atoms with Gasteiger partial charge in [0.1, 0.15) is 11.6 Å². The third-order valence-electron chi connectivity index (χ3n) is 3.30. The molecule has 2 nitrogen and oxygen atoms in total. The number of hydrogen-bond donors (Lipinski definition) is 2. The molecular formula is C16H17ClFNO. The fourth-order valence-electron chi connectivity index (χ4n) is 2.21. The van der Waals surface area contributed by atoms with Crippen LogP contribution in [-0.4, -0.2) is 5.11 Å². The highest BCUT2D eigenvalue weighted by Crippen LogP contribution is 2.27. The molecule has 4 heteroatoms. The fourth-order valence-corrected chi connectivity index (χ4v) is 2.41. The standard InChI is InChI=1S/C16H17ClFNO/c1-10(12-4-3-5-13(17)8-12)19-11(2)15-9-14(18)6-7-16(15)20/h3-11,19-20H,1-2H3/t10-,11?/m0/s1. The van der Waals surface area contributed by atoms with Crippen molar-refractivity contribution in [2.24, 2.45) is 0 Å². The van der Waals surface area contributed by atoms with E-state index in [-0.39, 0.29) is 23.7 Å². The summed E-state index contributed by atoms with van der Waals surface area (Å²) in [5.74, 6) is -0.272. The number of phenols is 1. The van der Waals surface area contributed by atoms with E-state index >= 15 is 0 Å². The zero-order valence-corrected chi connectivity index (χ0v) is 12.2. The Balaban J connectivity index is 2.15. The maximum absolute atomic E-state index is 13.3. The molecule has 0 bridgehead atoms. The van der Waals surface area contributed by atoms with Crippen LogP contribution < -0.4 is 5.32 Å². The predicted octanol–water partition coefficient (Wildman–Crippen LogP) is 4.60. The Morgan fingerprint density at radius 1 is 1.10 bits per heavy atom. The summed E-state index contributed by atoms with van der Waals surface area (Å²) in [6.07, 6.45) is 0. The van der Waals surface area contributed by atoms with Crippen LogP contribution in [0, 0.1) is 5.82 Å². The molecule has 0 aromatic heterocycles. The summed E-state index contributed by atoms with van der Waals surface area (Å²) in [7, 11) is 0. The molecule has 0 fully saturated rings. The first-order valence-electron chi connectivity index (χ1n) is 6.47. The normalized spacial score (nSPS) is 14.0. The number of rotatable bonds is 4. The number of benzene rings is 2. The van der Waals surface area contributed by atoms with Gasteiger partial charge >= 0.3 is 0 Å². The predicted molar refractivity (Wildman–Crippen MR) is 79.5 cm³/mol. The van der Waals surface area contributed by atoms with Gasteiger partial charge in [-0.1, -0.05) is 23.7 Å². The van der Waals surface area contributed by atoms with Crippen molar-refractivity contribution in [2.75, 3.05) is 0 Å². The topological polar surface area (TPSA) is 32.3 Å². The lowest BCUT2D eigenvalue weighted by Crippen LogP contribution is -2.22. The average molecular weight is 294 g/mol. The molecule has 2 aromatic rings. The Bertz CT molecular complexity index is 603. The van der Waals surface area contributed by atoms with Crippen LogP contribution >= 0.6 is 11.6 Å². The largest absolute Gasteiger partial charge is 0.508 e. The molecule has 1 unspecified atom stereocenters. The summed E-state index contributed by atoms with van der Waals surface area (Å²) < 4.78 is 13.3. The van der Waals surface area contributed by atoms with E-state index in [0.29, 0.717) is 10.6 Å². The van der Waals surface area contributed by atoms with E-state index in [1.54, 1.807) is 0 Å². The Hall–Kier alpha value is -1.58. The molecule has 0 amide bonds. The third-order valence-corrected chi connectivity index (χ3v) is 3.54. The van der Waals surface area contributed by atoms with E-state index in [1.807, 2.05) is 38.1 Å². The van der Waals surface area contributed by atoms with Crippen molar-refractivity contribution in [1.82, 2.24) is 5.32 Å². The highest BCUT2D eigenvalue weighted by atomic mass is 35.5. The van der Waals surface area contributed by atoms with Gasteiger partial charge in [-0.3, -0.25) is 0 Å². The van der Waals surface area contributed by atoms with E-state index in [4.69, 9.17) is 11.6 Å². The SMILES string of the molecule is CC(N[C@@H](C)c1cccc(Cl)c1)c1cc(F)ccc1O. The van der Waals surface area contributed by atoms with Crippen LogP contribution in [0.5, 0.6) is 5.75 Å². The number of halogens is 2. The summed E-state index contributed by atoms with van der Waals surface area (Å²) in [6, 6.07) is 11.4. The molecule has 0 aliphatic rings. The molecule has 0 saturated heterocycles. The third kappa shape index (κ3) is 3.50. The van der Waals surface area contributed by atoms with Crippen LogP contribution in [0.15, 0.2) is 42.5 Å². The Labute approximate surface area is 123 Å². The molecule has 106 valence electrons. The Morgan fingerprint density at radius 2 is 1.85 bits per heavy atom. The molecule has 20 heavy (non-hydrogen) atoms. The molecular weight excluding hydrogens is 277 g/mol. The lowest BCUT2D eigenvalue weighted by atomic mass is 10.0. The maximum atomic E-state index is 13.3. The van der Waals surface area contributed by atoms with E-state index in [1.165, 1.54) is 18.2 Å². The minimum Gasteiger partial charge on any atom is -0.508 e. The van der Waals surface area contributed by atoms with Crippen LogP contribution in [0.1, 0.15) is 37.1 Å². The van der Waals surface area contributed by atoms with E-state index in [0.717, 1.165) is 5.56 Å². The molecule has 0 heterocycles. The summed E-state index contributed by atoms with van der Waals surface area (Å²) in [5, 5.41) is 13.8. The Morgan fingerprint density at radius 3 is 2.55 bits per heavy atom. The zero-order valence-electron chi connectivity index (χ0n) is 11.4. The first kappa shape index (κ1) is 14.8. The fraction of sp³-hybridized carbons (Fsp3) is 0.250. The Kier molecular flexibility index (Phi) is 4.63. The molecule has 2 rings (SSSR count). The number of hydrogen-bond acceptors (Lipinski definition) is 2. The van der Waals surface area contributed by atoms with Crippen molar-refractivity contribution in [3.05, 3.63) is 64.4 Å². The van der Waals surface area contributed by atoms with Crippen LogP contribution in [0.2, 0.25) is 5.02 Å². The van der Waals surface area contributed by atoms with Gasteiger partial charge in [-0.05, 0) is 49.7 Å². The zero-order chi connectivity index (χ0) is 14.7. The molecule has 0 saturated carbocycles. The van der Waals surface area contributed by atoms with E-state index < -0.39 is 0 Å². The lowest BCUT2D eigenvalue weighted by molar-refractivity contribution is 0.435. The van der Waals surface area contributed by atoms with Crippen LogP contribution in [-0.2, 0) is 0 Å². The van der Waals surface area contributed by atoms with Gasteiger partial charge in [-0.25, -0.2) is 4.39 Å². The van der Waals surface area contributed by atoms with Crippen LogP contribution in [0.4, 0.5) is 4.39 Å². The molecule has 0 spiro atoms. The van der Waals surface area contributed by atoms with E-state index in [2.05, 4.69) is 5.32 Å². The first-order valence-corrected chi connectivity index (χ1v) is 6.85. The summed E-state index contributed by atoms with van der Waals surface area (Å²) in [6.45, 7) is 3.88. The highest BCUT2D eigenvalue weighted by Gasteiger charge is 2.15. The number of nitrogens with one attached hydrogen (secondary N) is 1. The van der Waals surface area contributed by atoms with Gasteiger partial charge in [0.05, 0.1) is 0 Å². The number of phenolic OH excluding ortho intramolecular Hbond substituents is 1. The van der Waals surface area contributed by atoms with Gasteiger partial charge < -0.3 is 10.4 Å². The summed E-state index contributed by atoms with van der Waals surface area (Å²) in [4.78, 5) is 0. The highest BCUT2D eigenvalue weighted by molar-refractivity contribution is 6.30. The van der Waals surface area contributed by atoms with E-state index in [9.17, 15) is 9.50 Å². The van der Waals surface area contributed by atoms with Gasteiger partial charge in [0, 0.05) is 22.7 Å². The van der Waals surface area contributed by atoms with Gasteiger partial charge in [-0.2, -0.15) is 0 Å². The summed E-state index contributed by atoms with van der Waals surface area (Å²) >= 11 is 5.97. The monoisotopic (exact) mass is 293 g/mol. The molecule has 0 aliphatic carbocycles. The molecule has 0 aliphatic heterocycles. The van der Waals surface area contributed by atoms with Crippen molar-refractivity contribution in [2.45, 2.75) is 25.9 Å². The summed E-state index contributed by atoms with van der Waals surface area (Å²) in [5.41, 5.74) is 1.58. The van der Waals surface area contributed by atoms with Crippen LogP contribution in [0.25, 0.3) is 0 Å². The van der Waals surface area contributed by atoms with Gasteiger partial charge in [0.2, 0.25) is 0 Å². The quantitative estimate of drug-likeness (QED) is 0.863. The molecule has 2 atom stereocenters. The minimum absolute atomic E-state index is 0.0337. The van der Waals surface area contributed by atoms with Crippen LogP contribution in [0.3, 0.4) is 0 Å². The second-order valence-corrected chi connectivity index (χ2v) is 5.30. The maximum Gasteiger partial charge on any atom is 0.123 e. The van der Waals surface area contributed by atoms with Crippen molar-refractivity contribution in [1.29, 1.82) is 0 Å². The second-order valence-electron chi connectivity index (χ2n) is 4.87. The van der Waals surface area contributed by atoms with Crippen molar-refractivity contribution in [3.63, 3.8) is 0 Å². The lowest BCUT2D eigenvalue weighted by Gasteiger charge is -2.21. The minimum atomic E-state index is -0.359. The van der Waals surface area contributed by atoms with Crippen molar-refractivity contribution >= 4 is 11.6 Å². The number of aromatic hydroxyl groups is 1. The molecule has 2 N–H and O–H groups in total. The van der Waals surface area contributed by atoms with Crippen molar-refractivity contribution in [3.8, 4) is 5.75 Å². The average Bonchev–Trinajstić information content (AvgIpc) is 2.41. The molecule has 0 radical (unpaired) electrons. The van der Waals surface area contributed by atoms with Gasteiger partial charge in [-0.15, -0.1) is 0 Å². The second kappa shape index (κ2) is 6.25. The molecule has 2 aromatic carbocycles. The smallest absolute Gasteiger partial charge is 0.123 e. The van der Waals surface area contributed by atoms with Crippen molar-refractivity contribution < 1.29 is 9.50 Å². The first-order chi connectivity index (χ1) is 9.47.